The SMILES string of the molecule is CN(C)C1CCN(c2cc(C(=O)Cc3cc4cc(-c5cn(C)nn5)cnc4cn3)ccn2)CC1. The van der Waals surface area contributed by atoms with Crippen LogP contribution in [-0.4, -0.2) is 73.9 Å². The molecular weight excluding hydrogens is 428 g/mol. The molecule has 4 aromatic heterocycles. The Bertz CT molecular complexity index is 1320. The summed E-state index contributed by atoms with van der Waals surface area (Å²) in [6.45, 7) is 1.89. The predicted molar refractivity (Wildman–Crippen MR) is 131 cm³/mol. The van der Waals surface area contributed by atoms with Gasteiger partial charge in [0.2, 0.25) is 0 Å². The molecule has 9 heteroatoms. The Kier molecular flexibility index (Phi) is 6.02. The lowest BCUT2D eigenvalue weighted by Gasteiger charge is -2.35. The summed E-state index contributed by atoms with van der Waals surface area (Å²) in [7, 11) is 6.09. The molecule has 0 amide bonds. The van der Waals surface area contributed by atoms with Crippen LogP contribution in [0.4, 0.5) is 5.82 Å². The Morgan fingerprint density at radius 2 is 1.91 bits per heavy atom. The number of hydrogen-bond donors (Lipinski definition) is 0. The molecule has 0 N–H and O–H groups in total. The fraction of sp³-hybridized carbons (Fsp3) is 0.360. The normalized spacial score (nSPS) is 14.8. The number of carbonyl (C=O) groups is 1. The highest BCUT2D eigenvalue weighted by atomic mass is 16.1. The Morgan fingerprint density at radius 3 is 2.65 bits per heavy atom. The Morgan fingerprint density at radius 1 is 1.09 bits per heavy atom. The largest absolute Gasteiger partial charge is 0.356 e. The monoisotopic (exact) mass is 456 g/mol. The zero-order valence-corrected chi connectivity index (χ0v) is 19.7. The number of rotatable bonds is 6. The second-order valence-corrected chi connectivity index (χ2v) is 9.05. The molecule has 0 saturated carbocycles. The molecule has 4 aromatic rings. The molecule has 0 aliphatic carbocycles. The minimum absolute atomic E-state index is 0.0247. The molecule has 5 rings (SSSR count). The van der Waals surface area contributed by atoms with Gasteiger partial charge in [0.15, 0.2) is 5.78 Å². The topological polar surface area (TPSA) is 92.9 Å². The van der Waals surface area contributed by atoms with E-state index in [0.717, 1.165) is 53.9 Å². The van der Waals surface area contributed by atoms with Gasteiger partial charge in [0, 0.05) is 60.8 Å². The third-order valence-corrected chi connectivity index (χ3v) is 6.45. The van der Waals surface area contributed by atoms with Gasteiger partial charge in [0.05, 0.1) is 24.3 Å². The number of hydrogen-bond acceptors (Lipinski definition) is 8. The highest BCUT2D eigenvalue weighted by Crippen LogP contribution is 2.23. The average molecular weight is 457 g/mol. The molecular formula is C25H28N8O. The van der Waals surface area contributed by atoms with Gasteiger partial charge in [-0.3, -0.25) is 19.4 Å². The quantitative estimate of drug-likeness (QED) is 0.409. The molecule has 0 aromatic carbocycles. The lowest BCUT2D eigenvalue weighted by Crippen LogP contribution is -2.42. The molecule has 0 bridgehead atoms. The van der Waals surface area contributed by atoms with E-state index in [-0.39, 0.29) is 12.2 Å². The average Bonchev–Trinajstić information content (AvgIpc) is 3.30. The maximum atomic E-state index is 13.1. The Balaban J connectivity index is 1.32. The zero-order valence-electron chi connectivity index (χ0n) is 19.7. The van der Waals surface area contributed by atoms with Crippen LogP contribution in [-0.2, 0) is 13.5 Å². The van der Waals surface area contributed by atoms with Gasteiger partial charge in [-0.15, -0.1) is 5.10 Å². The van der Waals surface area contributed by atoms with Crippen molar-refractivity contribution in [3.8, 4) is 11.3 Å². The first-order chi connectivity index (χ1) is 16.5. The third-order valence-electron chi connectivity index (χ3n) is 6.45. The number of nitrogens with zero attached hydrogens (tertiary/aromatic N) is 8. The van der Waals surface area contributed by atoms with Crippen molar-refractivity contribution in [2.24, 2.45) is 7.05 Å². The van der Waals surface area contributed by atoms with Crippen LogP contribution in [0.15, 0.2) is 49.1 Å². The van der Waals surface area contributed by atoms with E-state index in [1.165, 1.54) is 0 Å². The molecule has 0 atom stereocenters. The number of pyridine rings is 3. The third kappa shape index (κ3) is 4.65. The summed E-state index contributed by atoms with van der Waals surface area (Å²) in [6.07, 6.45) is 9.46. The standard InChI is InChI=1S/C25H28N8O/c1-31(2)21-5-8-33(9-6-21)25-12-17(4-7-26-25)24(34)13-20-11-18-10-19(14-28-22(18)15-27-20)23-16-32(3)30-29-23/h4,7,10-12,14-16,21H,5-6,8-9,13H2,1-3H3. The summed E-state index contributed by atoms with van der Waals surface area (Å²) in [6, 6.07) is 8.22. The maximum absolute atomic E-state index is 13.1. The van der Waals surface area contributed by atoms with Crippen LogP contribution in [0.1, 0.15) is 28.9 Å². The van der Waals surface area contributed by atoms with Gasteiger partial charge in [-0.1, -0.05) is 5.21 Å². The second kappa shape index (κ2) is 9.26. The number of anilines is 1. The van der Waals surface area contributed by atoms with Gasteiger partial charge in [0.1, 0.15) is 11.5 Å². The zero-order chi connectivity index (χ0) is 23.7. The number of ketones is 1. The van der Waals surface area contributed by atoms with Crippen LogP contribution < -0.4 is 4.90 Å². The first-order valence-electron chi connectivity index (χ1n) is 11.5. The van der Waals surface area contributed by atoms with Crippen LogP contribution in [0, 0.1) is 0 Å². The minimum Gasteiger partial charge on any atom is -0.356 e. The van der Waals surface area contributed by atoms with Crippen molar-refractivity contribution in [2.45, 2.75) is 25.3 Å². The number of carbonyl (C=O) groups excluding carboxylic acids is 1. The fourth-order valence-corrected chi connectivity index (χ4v) is 4.44. The van der Waals surface area contributed by atoms with E-state index in [2.05, 4.69) is 49.2 Å². The van der Waals surface area contributed by atoms with Crippen LogP contribution >= 0.6 is 0 Å². The summed E-state index contributed by atoms with van der Waals surface area (Å²) in [5.74, 6) is 0.893. The van der Waals surface area contributed by atoms with Crippen LogP contribution in [0.5, 0.6) is 0 Å². The van der Waals surface area contributed by atoms with Gasteiger partial charge in [0.25, 0.3) is 0 Å². The number of fused-ring (bicyclic) bond motifs is 1. The van der Waals surface area contributed by atoms with Crippen molar-refractivity contribution < 1.29 is 4.79 Å². The number of aryl methyl sites for hydroxylation is 1. The van der Waals surface area contributed by atoms with Crippen molar-refractivity contribution in [2.75, 3.05) is 32.1 Å². The summed E-state index contributed by atoms with van der Waals surface area (Å²) in [5.41, 5.74) is 3.77. The van der Waals surface area contributed by atoms with Crippen LogP contribution in [0.2, 0.25) is 0 Å². The van der Waals surface area contributed by atoms with E-state index in [4.69, 9.17) is 0 Å². The first kappa shape index (κ1) is 22.1. The molecule has 0 spiro atoms. The van der Waals surface area contributed by atoms with E-state index in [1.54, 1.807) is 29.3 Å². The first-order valence-corrected chi connectivity index (χ1v) is 11.5. The van der Waals surface area contributed by atoms with Gasteiger partial charge in [-0.2, -0.15) is 0 Å². The Labute approximate surface area is 198 Å². The molecule has 5 heterocycles. The van der Waals surface area contributed by atoms with Crippen molar-refractivity contribution in [3.63, 3.8) is 0 Å². The summed E-state index contributed by atoms with van der Waals surface area (Å²) in [4.78, 5) is 31.1. The minimum atomic E-state index is 0.0247. The fourth-order valence-electron chi connectivity index (χ4n) is 4.44. The van der Waals surface area contributed by atoms with Crippen molar-refractivity contribution in [3.05, 3.63) is 60.3 Å². The second-order valence-electron chi connectivity index (χ2n) is 9.05. The summed E-state index contributed by atoms with van der Waals surface area (Å²) < 4.78 is 1.66. The molecule has 174 valence electrons. The molecule has 34 heavy (non-hydrogen) atoms. The van der Waals surface area contributed by atoms with E-state index in [0.29, 0.717) is 17.3 Å². The molecule has 1 fully saturated rings. The van der Waals surface area contributed by atoms with Gasteiger partial charge >= 0.3 is 0 Å². The number of aromatic nitrogens is 6. The van der Waals surface area contributed by atoms with Crippen molar-refractivity contribution in [1.82, 2.24) is 34.8 Å². The molecule has 9 nitrogen and oxygen atoms in total. The molecule has 1 aliphatic heterocycles. The van der Waals surface area contributed by atoms with Crippen LogP contribution in [0.3, 0.4) is 0 Å². The molecule has 1 saturated heterocycles. The molecule has 1 aliphatic rings. The van der Waals surface area contributed by atoms with E-state index >= 15 is 0 Å². The molecule has 0 radical (unpaired) electrons. The van der Waals surface area contributed by atoms with Crippen molar-refractivity contribution in [1.29, 1.82) is 0 Å². The number of Topliss-reactive ketones (excluding diaryl/α,β-unsaturated/α-hetero) is 1. The van der Waals surface area contributed by atoms with E-state index in [1.807, 2.05) is 31.4 Å². The van der Waals surface area contributed by atoms with Gasteiger partial charge in [-0.05, 0) is 51.2 Å². The van der Waals surface area contributed by atoms with E-state index in [9.17, 15) is 4.79 Å². The summed E-state index contributed by atoms with van der Waals surface area (Å²) in [5, 5.41) is 9.06. The highest BCUT2D eigenvalue weighted by molar-refractivity contribution is 5.98. The smallest absolute Gasteiger partial charge is 0.169 e. The van der Waals surface area contributed by atoms with Crippen molar-refractivity contribution >= 4 is 22.5 Å². The van der Waals surface area contributed by atoms with E-state index < -0.39 is 0 Å². The summed E-state index contributed by atoms with van der Waals surface area (Å²) >= 11 is 0. The maximum Gasteiger partial charge on any atom is 0.169 e. The van der Waals surface area contributed by atoms with Gasteiger partial charge < -0.3 is 9.80 Å². The Hall–Kier alpha value is -3.72. The number of piperidine rings is 1. The van der Waals surface area contributed by atoms with Gasteiger partial charge in [-0.25, -0.2) is 4.98 Å². The lowest BCUT2D eigenvalue weighted by atomic mass is 10.0. The van der Waals surface area contributed by atoms with Crippen LogP contribution in [0.25, 0.3) is 22.2 Å². The predicted octanol–water partition coefficient (Wildman–Crippen LogP) is 2.78. The molecule has 0 unspecified atom stereocenters. The highest BCUT2D eigenvalue weighted by Gasteiger charge is 2.22. The lowest BCUT2D eigenvalue weighted by molar-refractivity contribution is 0.0992.